The van der Waals surface area contributed by atoms with Gasteiger partial charge in [-0.2, -0.15) is 0 Å². The van der Waals surface area contributed by atoms with Crippen molar-refractivity contribution in [1.29, 1.82) is 0 Å². The van der Waals surface area contributed by atoms with E-state index in [9.17, 15) is 13.2 Å². The number of aromatic nitrogens is 2. The van der Waals surface area contributed by atoms with Crippen molar-refractivity contribution in [3.63, 3.8) is 0 Å². The fourth-order valence-corrected chi connectivity index (χ4v) is 3.38. The second kappa shape index (κ2) is 5.62. The molecule has 6 heteroatoms. The van der Waals surface area contributed by atoms with E-state index in [1.54, 1.807) is 35.8 Å². The van der Waals surface area contributed by atoms with Crippen molar-refractivity contribution < 1.29 is 13.2 Å². The third-order valence-corrected chi connectivity index (χ3v) is 4.42. The maximum absolute atomic E-state index is 12.7. The number of aryl methyl sites for hydroxylation is 1. The molecule has 5 nitrogen and oxygen atoms in total. The summed E-state index contributed by atoms with van der Waals surface area (Å²) in [4.78, 5) is 17.1. The van der Waals surface area contributed by atoms with Crippen LogP contribution in [0.2, 0.25) is 0 Å². The summed E-state index contributed by atoms with van der Waals surface area (Å²) in [6, 6.07) is 14.1. The molecule has 23 heavy (non-hydrogen) atoms. The number of hydrogen-bond acceptors (Lipinski definition) is 4. The summed E-state index contributed by atoms with van der Waals surface area (Å²) < 4.78 is 24.2. The topological polar surface area (TPSA) is 69.0 Å². The van der Waals surface area contributed by atoms with E-state index >= 15 is 0 Å². The molecule has 1 aromatic heterocycles. The van der Waals surface area contributed by atoms with E-state index in [4.69, 9.17) is 0 Å². The number of carbonyl (C=O) groups excluding carboxylic acids is 1. The van der Waals surface area contributed by atoms with Crippen LogP contribution in [0.15, 0.2) is 48.5 Å². The van der Waals surface area contributed by atoms with Crippen molar-refractivity contribution in [3.8, 4) is 0 Å². The first-order valence-electron chi connectivity index (χ1n) is 7.10. The molecule has 3 aromatic rings. The van der Waals surface area contributed by atoms with E-state index in [0.717, 1.165) is 11.0 Å². The minimum atomic E-state index is -3.09. The molecule has 0 saturated heterocycles. The van der Waals surface area contributed by atoms with Gasteiger partial charge in [-0.05, 0) is 36.8 Å². The molecular weight excluding hydrogens is 312 g/mol. The van der Waals surface area contributed by atoms with Gasteiger partial charge < -0.3 is 0 Å². The normalized spacial score (nSPS) is 11.7. The largest absolute Gasteiger partial charge is 0.268 e. The van der Waals surface area contributed by atoms with Gasteiger partial charge in [0.2, 0.25) is 0 Å². The summed E-state index contributed by atoms with van der Waals surface area (Å²) in [5.74, 6) is 0.410. The first kappa shape index (κ1) is 15.4. The Balaban J connectivity index is 1.98. The van der Waals surface area contributed by atoms with E-state index in [1.165, 1.54) is 6.26 Å². The Bertz CT molecular complexity index is 986. The van der Waals surface area contributed by atoms with Crippen LogP contribution in [-0.4, -0.2) is 30.1 Å². The van der Waals surface area contributed by atoms with E-state index in [1.807, 2.05) is 24.3 Å². The third-order valence-electron chi connectivity index (χ3n) is 3.56. The van der Waals surface area contributed by atoms with Crippen molar-refractivity contribution >= 4 is 26.8 Å². The minimum absolute atomic E-state index is 0.0332. The zero-order chi connectivity index (χ0) is 16.6. The van der Waals surface area contributed by atoms with Gasteiger partial charge in [-0.1, -0.05) is 24.3 Å². The molecule has 2 aromatic carbocycles. The molecule has 1 heterocycles. The highest BCUT2D eigenvalue weighted by atomic mass is 32.2. The molecule has 0 amide bonds. The molecule has 0 aliphatic carbocycles. The van der Waals surface area contributed by atoms with Crippen LogP contribution in [0, 0.1) is 6.92 Å². The average Bonchev–Trinajstić information content (AvgIpc) is 2.81. The molecule has 0 spiro atoms. The lowest BCUT2D eigenvalue weighted by Crippen LogP contribution is -2.13. The first-order chi connectivity index (χ1) is 10.8. The molecule has 0 unspecified atom stereocenters. The van der Waals surface area contributed by atoms with Crippen LogP contribution in [0.4, 0.5) is 0 Å². The van der Waals surface area contributed by atoms with E-state index < -0.39 is 9.84 Å². The SMILES string of the molecule is Cc1nc2ccccc2n1C(=O)c1ccc(CS(C)(=O)=O)cc1. The van der Waals surface area contributed by atoms with Gasteiger partial charge in [0.05, 0.1) is 16.8 Å². The zero-order valence-electron chi connectivity index (χ0n) is 12.9. The van der Waals surface area contributed by atoms with Gasteiger partial charge in [-0.3, -0.25) is 9.36 Å². The smallest absolute Gasteiger partial charge is 0.263 e. The number of imidazole rings is 1. The average molecular weight is 328 g/mol. The van der Waals surface area contributed by atoms with Gasteiger partial charge in [-0.15, -0.1) is 0 Å². The van der Waals surface area contributed by atoms with E-state index in [2.05, 4.69) is 4.98 Å². The molecule has 118 valence electrons. The van der Waals surface area contributed by atoms with Gasteiger partial charge in [0.15, 0.2) is 9.84 Å². The van der Waals surface area contributed by atoms with Crippen LogP contribution in [0.25, 0.3) is 11.0 Å². The molecule has 0 aliphatic rings. The highest BCUT2D eigenvalue weighted by molar-refractivity contribution is 7.89. The van der Waals surface area contributed by atoms with Crippen molar-refractivity contribution in [3.05, 3.63) is 65.5 Å². The molecule has 0 fully saturated rings. The second-order valence-corrected chi connectivity index (χ2v) is 7.70. The quantitative estimate of drug-likeness (QED) is 0.741. The van der Waals surface area contributed by atoms with Gasteiger partial charge in [-0.25, -0.2) is 13.4 Å². The fourth-order valence-electron chi connectivity index (χ4n) is 2.58. The first-order valence-corrected chi connectivity index (χ1v) is 9.17. The van der Waals surface area contributed by atoms with Crippen LogP contribution < -0.4 is 0 Å². The highest BCUT2D eigenvalue weighted by Gasteiger charge is 2.16. The summed E-state index contributed by atoms with van der Waals surface area (Å²) in [5.41, 5.74) is 2.69. The number of para-hydroxylation sites is 2. The Morgan fingerprint density at radius 3 is 2.39 bits per heavy atom. The molecule has 0 atom stereocenters. The van der Waals surface area contributed by atoms with Crippen LogP contribution >= 0.6 is 0 Å². The van der Waals surface area contributed by atoms with E-state index in [0.29, 0.717) is 17.0 Å². The Morgan fingerprint density at radius 2 is 1.74 bits per heavy atom. The van der Waals surface area contributed by atoms with Crippen LogP contribution in [0.5, 0.6) is 0 Å². The lowest BCUT2D eigenvalue weighted by atomic mass is 10.1. The van der Waals surface area contributed by atoms with Gasteiger partial charge >= 0.3 is 0 Å². The number of nitrogens with zero attached hydrogens (tertiary/aromatic N) is 2. The molecule has 0 radical (unpaired) electrons. The molecule has 0 aliphatic heterocycles. The predicted octanol–water partition coefficient (Wildman–Crippen LogP) is 2.58. The van der Waals surface area contributed by atoms with Gasteiger partial charge in [0.25, 0.3) is 5.91 Å². The van der Waals surface area contributed by atoms with Gasteiger partial charge in [0, 0.05) is 11.8 Å². The summed E-state index contributed by atoms with van der Waals surface area (Å²) in [6.07, 6.45) is 1.19. The number of benzene rings is 2. The van der Waals surface area contributed by atoms with E-state index in [-0.39, 0.29) is 11.7 Å². The predicted molar refractivity (Wildman–Crippen MR) is 89.2 cm³/mol. The Morgan fingerprint density at radius 1 is 1.09 bits per heavy atom. The molecule has 0 bridgehead atoms. The second-order valence-electron chi connectivity index (χ2n) is 5.56. The Hall–Kier alpha value is -2.47. The Labute approximate surface area is 134 Å². The van der Waals surface area contributed by atoms with Crippen LogP contribution in [0.3, 0.4) is 0 Å². The van der Waals surface area contributed by atoms with Crippen molar-refractivity contribution in [2.24, 2.45) is 0 Å². The lowest BCUT2D eigenvalue weighted by molar-refractivity contribution is 0.0962. The minimum Gasteiger partial charge on any atom is -0.268 e. The third kappa shape index (κ3) is 3.17. The molecular formula is C17H16N2O3S. The van der Waals surface area contributed by atoms with Crippen LogP contribution in [-0.2, 0) is 15.6 Å². The summed E-state index contributed by atoms with van der Waals surface area (Å²) in [7, 11) is -3.09. The maximum atomic E-state index is 12.7. The summed E-state index contributed by atoms with van der Waals surface area (Å²) >= 11 is 0. The molecule has 3 rings (SSSR count). The van der Waals surface area contributed by atoms with Crippen molar-refractivity contribution in [2.45, 2.75) is 12.7 Å². The van der Waals surface area contributed by atoms with Crippen molar-refractivity contribution in [2.75, 3.05) is 6.26 Å². The molecule has 0 N–H and O–H groups in total. The highest BCUT2D eigenvalue weighted by Crippen LogP contribution is 2.18. The fraction of sp³-hybridized carbons (Fsp3) is 0.176. The molecule has 0 saturated carbocycles. The van der Waals surface area contributed by atoms with Crippen molar-refractivity contribution in [1.82, 2.24) is 9.55 Å². The number of carbonyl (C=O) groups is 1. The summed E-state index contributed by atoms with van der Waals surface area (Å²) in [5, 5.41) is 0. The lowest BCUT2D eigenvalue weighted by Gasteiger charge is -2.06. The Kier molecular flexibility index (Phi) is 3.77. The maximum Gasteiger partial charge on any atom is 0.263 e. The summed E-state index contributed by atoms with van der Waals surface area (Å²) in [6.45, 7) is 1.79. The number of fused-ring (bicyclic) bond motifs is 1. The van der Waals surface area contributed by atoms with Gasteiger partial charge in [0.1, 0.15) is 5.82 Å². The number of hydrogen-bond donors (Lipinski definition) is 0. The monoisotopic (exact) mass is 328 g/mol. The number of sulfone groups is 1. The van der Waals surface area contributed by atoms with Crippen LogP contribution in [0.1, 0.15) is 21.7 Å². The number of rotatable bonds is 3. The standard InChI is InChI=1S/C17H16N2O3S/c1-12-18-15-5-3-4-6-16(15)19(12)17(20)14-9-7-13(8-10-14)11-23(2,21)22/h3-10H,11H2,1-2H3. The zero-order valence-corrected chi connectivity index (χ0v) is 13.7.